The minimum Gasteiger partial charge on any atom is -0.479 e. The van der Waals surface area contributed by atoms with Crippen LogP contribution in [-0.4, -0.2) is 40.2 Å². The Morgan fingerprint density at radius 1 is 1.06 bits per heavy atom. The molecule has 3 aromatic heterocycles. The minimum atomic E-state index is -0.366. The first-order valence-corrected chi connectivity index (χ1v) is 9.94. The van der Waals surface area contributed by atoms with Gasteiger partial charge in [0, 0.05) is 23.5 Å². The number of nitrogens with zero attached hydrogens (tertiary/aromatic N) is 4. The van der Waals surface area contributed by atoms with E-state index in [9.17, 15) is 4.79 Å². The summed E-state index contributed by atoms with van der Waals surface area (Å²) in [5.74, 6) is 1.01. The monoisotopic (exact) mass is 466 g/mol. The lowest BCUT2D eigenvalue weighted by atomic mass is 10.1. The van der Waals surface area contributed by atoms with Crippen molar-refractivity contribution in [3.63, 3.8) is 0 Å². The molecule has 3 heterocycles. The Kier molecular flexibility index (Phi) is 7.70. The van der Waals surface area contributed by atoms with Crippen LogP contribution in [0.3, 0.4) is 0 Å². The number of nitrogens with one attached hydrogen (secondary N) is 2. The molecule has 33 heavy (non-hydrogen) atoms. The number of aryl methyl sites for hydroxylation is 1. The van der Waals surface area contributed by atoms with Crippen LogP contribution in [0.2, 0.25) is 0 Å². The number of hydrogen-bond donors (Lipinski definition) is 2. The van der Waals surface area contributed by atoms with Crippen molar-refractivity contribution in [3.05, 3.63) is 72.0 Å². The number of ether oxygens (including phenoxy) is 1. The molecule has 1 amide bonds. The Morgan fingerprint density at radius 2 is 1.79 bits per heavy atom. The highest BCUT2D eigenvalue weighted by Crippen LogP contribution is 2.29. The van der Waals surface area contributed by atoms with Gasteiger partial charge in [0.2, 0.25) is 5.88 Å². The largest absolute Gasteiger partial charge is 0.479 e. The molecule has 0 aliphatic rings. The van der Waals surface area contributed by atoms with Crippen LogP contribution in [0, 0.1) is 6.92 Å². The van der Waals surface area contributed by atoms with E-state index < -0.39 is 0 Å². The number of carbonyl (C=O) groups is 1. The molecule has 10 heteroatoms. The van der Waals surface area contributed by atoms with Crippen LogP contribution in [0.4, 0.5) is 5.69 Å². The first kappa shape index (κ1) is 23.8. The molecular weight excluding hydrogens is 444 g/mol. The fourth-order valence-corrected chi connectivity index (χ4v) is 3.21. The number of anilines is 1. The van der Waals surface area contributed by atoms with Crippen molar-refractivity contribution in [3.8, 4) is 28.4 Å². The third-order valence-electron chi connectivity index (χ3n) is 4.77. The zero-order valence-electron chi connectivity index (χ0n) is 18.3. The second-order valence-corrected chi connectivity index (χ2v) is 6.95. The van der Waals surface area contributed by atoms with Gasteiger partial charge in [0.1, 0.15) is 28.5 Å². The van der Waals surface area contributed by atoms with Crippen molar-refractivity contribution in [1.29, 1.82) is 0 Å². The number of pyridine rings is 1. The minimum absolute atomic E-state index is 0. The van der Waals surface area contributed by atoms with Crippen molar-refractivity contribution in [2.45, 2.75) is 13.5 Å². The number of amides is 1. The standard InChI is InChI=1S/C23H22N6O3.ClH/c1-14-20(21(29-32-14)15-7-5-4-6-8-15)22(30)27-18-10-9-17(28-23(18)31-3)16-11-25-19(13-24-2)26-12-16;/h4-12,24H,13H2,1-3H3,(H,27,30);1H. The molecule has 0 aliphatic heterocycles. The Bertz CT molecular complexity index is 1230. The summed E-state index contributed by atoms with van der Waals surface area (Å²) in [6.07, 6.45) is 3.40. The number of methoxy groups -OCH3 is 1. The number of aromatic nitrogens is 4. The lowest BCUT2D eigenvalue weighted by Crippen LogP contribution is -2.14. The molecule has 9 nitrogen and oxygen atoms in total. The molecular formula is C23H23ClN6O3. The molecule has 0 fully saturated rings. The smallest absolute Gasteiger partial charge is 0.261 e. The topological polar surface area (TPSA) is 115 Å². The van der Waals surface area contributed by atoms with Gasteiger partial charge in [-0.05, 0) is 26.1 Å². The Morgan fingerprint density at radius 3 is 2.45 bits per heavy atom. The summed E-state index contributed by atoms with van der Waals surface area (Å²) >= 11 is 0. The summed E-state index contributed by atoms with van der Waals surface area (Å²) in [5, 5.41) is 9.92. The van der Waals surface area contributed by atoms with Gasteiger partial charge in [-0.1, -0.05) is 35.5 Å². The molecule has 2 N–H and O–H groups in total. The molecule has 0 radical (unpaired) electrons. The van der Waals surface area contributed by atoms with E-state index in [1.165, 1.54) is 7.11 Å². The molecule has 0 unspecified atom stereocenters. The van der Waals surface area contributed by atoms with Gasteiger partial charge in [-0.3, -0.25) is 4.79 Å². The molecule has 0 aliphatic carbocycles. The average Bonchev–Trinajstić information content (AvgIpc) is 3.22. The predicted molar refractivity (Wildman–Crippen MR) is 126 cm³/mol. The predicted octanol–water partition coefficient (Wildman–Crippen LogP) is 3.90. The van der Waals surface area contributed by atoms with Crippen molar-refractivity contribution in [2.24, 2.45) is 0 Å². The van der Waals surface area contributed by atoms with E-state index in [1.807, 2.05) is 37.4 Å². The van der Waals surface area contributed by atoms with Gasteiger partial charge in [0.15, 0.2) is 0 Å². The van der Waals surface area contributed by atoms with Crippen molar-refractivity contribution >= 4 is 24.0 Å². The second-order valence-electron chi connectivity index (χ2n) is 6.95. The quantitative estimate of drug-likeness (QED) is 0.421. The fourth-order valence-electron chi connectivity index (χ4n) is 3.21. The Labute approximate surface area is 197 Å². The molecule has 0 saturated carbocycles. The maximum Gasteiger partial charge on any atom is 0.261 e. The molecule has 4 rings (SSSR count). The highest BCUT2D eigenvalue weighted by Gasteiger charge is 2.23. The molecule has 0 spiro atoms. The number of benzene rings is 1. The molecule has 0 saturated heterocycles. The van der Waals surface area contributed by atoms with Gasteiger partial charge in [0.05, 0.1) is 19.3 Å². The van der Waals surface area contributed by atoms with E-state index in [1.54, 1.807) is 31.5 Å². The average molecular weight is 467 g/mol. The van der Waals surface area contributed by atoms with E-state index in [0.29, 0.717) is 40.8 Å². The van der Waals surface area contributed by atoms with Gasteiger partial charge in [-0.25, -0.2) is 15.0 Å². The lowest BCUT2D eigenvalue weighted by Gasteiger charge is -2.11. The number of halogens is 1. The number of rotatable bonds is 7. The summed E-state index contributed by atoms with van der Waals surface area (Å²) in [7, 11) is 3.33. The van der Waals surface area contributed by atoms with Gasteiger partial charge < -0.3 is 19.9 Å². The van der Waals surface area contributed by atoms with Crippen molar-refractivity contribution in [1.82, 2.24) is 25.4 Å². The maximum absolute atomic E-state index is 13.1. The summed E-state index contributed by atoms with van der Waals surface area (Å²) < 4.78 is 10.7. The normalized spacial score (nSPS) is 10.4. The van der Waals surface area contributed by atoms with E-state index in [0.717, 1.165) is 11.1 Å². The number of carbonyl (C=O) groups excluding carboxylic acids is 1. The van der Waals surface area contributed by atoms with Gasteiger partial charge in [0.25, 0.3) is 5.91 Å². The molecule has 0 bridgehead atoms. The summed E-state index contributed by atoms with van der Waals surface area (Å²) in [5.41, 5.74) is 3.41. The number of hydrogen-bond acceptors (Lipinski definition) is 8. The summed E-state index contributed by atoms with van der Waals surface area (Å²) in [4.78, 5) is 26.2. The van der Waals surface area contributed by atoms with E-state index in [4.69, 9.17) is 9.26 Å². The molecule has 1 aromatic carbocycles. The molecule has 170 valence electrons. The van der Waals surface area contributed by atoms with Crippen molar-refractivity contribution in [2.75, 3.05) is 19.5 Å². The highest BCUT2D eigenvalue weighted by molar-refractivity contribution is 6.09. The van der Waals surface area contributed by atoms with Crippen molar-refractivity contribution < 1.29 is 14.1 Å². The van der Waals surface area contributed by atoms with Crippen LogP contribution in [0.15, 0.2) is 59.4 Å². The molecule has 4 aromatic rings. The Balaban J connectivity index is 0.00000306. The first-order chi connectivity index (χ1) is 15.6. The Hall–Kier alpha value is -3.82. The lowest BCUT2D eigenvalue weighted by molar-refractivity contribution is 0.102. The zero-order chi connectivity index (χ0) is 22.5. The summed E-state index contributed by atoms with van der Waals surface area (Å²) in [6.45, 7) is 2.28. The highest BCUT2D eigenvalue weighted by atomic mass is 35.5. The van der Waals surface area contributed by atoms with Crippen LogP contribution in [0.5, 0.6) is 5.88 Å². The van der Waals surface area contributed by atoms with Gasteiger partial charge in [-0.15, -0.1) is 12.4 Å². The van der Waals surface area contributed by atoms with E-state index in [2.05, 4.69) is 30.7 Å². The van der Waals surface area contributed by atoms with Crippen LogP contribution in [-0.2, 0) is 6.54 Å². The van der Waals surface area contributed by atoms with Crippen LogP contribution in [0.25, 0.3) is 22.5 Å². The van der Waals surface area contributed by atoms with Crippen LogP contribution in [0.1, 0.15) is 21.9 Å². The molecule has 0 atom stereocenters. The third kappa shape index (κ3) is 5.16. The third-order valence-corrected chi connectivity index (χ3v) is 4.77. The van der Waals surface area contributed by atoms with Crippen LogP contribution >= 0.6 is 12.4 Å². The second kappa shape index (κ2) is 10.7. The SMILES string of the molecule is CNCc1ncc(-c2ccc(NC(=O)c3c(-c4ccccc4)noc3C)c(OC)n2)cn1.Cl. The van der Waals surface area contributed by atoms with E-state index in [-0.39, 0.29) is 24.2 Å². The van der Waals surface area contributed by atoms with Gasteiger partial charge >= 0.3 is 0 Å². The zero-order valence-corrected chi connectivity index (χ0v) is 19.1. The summed E-state index contributed by atoms with van der Waals surface area (Å²) in [6, 6.07) is 12.9. The van der Waals surface area contributed by atoms with E-state index >= 15 is 0 Å². The first-order valence-electron chi connectivity index (χ1n) is 9.94. The maximum atomic E-state index is 13.1. The van der Waals surface area contributed by atoms with Gasteiger partial charge in [-0.2, -0.15) is 0 Å². The fraction of sp³-hybridized carbons (Fsp3) is 0.174. The van der Waals surface area contributed by atoms with Crippen LogP contribution < -0.4 is 15.4 Å².